The van der Waals surface area contributed by atoms with Crippen LogP contribution in [0, 0.1) is 6.92 Å². The molecule has 3 rings (SSSR count). The van der Waals surface area contributed by atoms with Gasteiger partial charge in [-0.05, 0) is 43.4 Å². The van der Waals surface area contributed by atoms with Gasteiger partial charge >= 0.3 is 0 Å². The van der Waals surface area contributed by atoms with Crippen LogP contribution in [0.2, 0.25) is 0 Å². The Balaban J connectivity index is 2.01. The molecule has 0 saturated carbocycles. The third-order valence-electron chi connectivity index (χ3n) is 5.83. The third kappa shape index (κ3) is 5.75. The molecule has 0 aliphatic rings. The molecule has 7 nitrogen and oxygen atoms in total. The molecule has 34 heavy (non-hydrogen) atoms. The van der Waals surface area contributed by atoms with Crippen molar-refractivity contribution in [2.45, 2.75) is 33.4 Å². The van der Waals surface area contributed by atoms with Crippen molar-refractivity contribution in [1.82, 2.24) is 10.2 Å². The maximum absolute atomic E-state index is 13.6. The number of nitrogens with one attached hydrogen (secondary N) is 1. The molecular formula is C26H31N3O4S. The number of fused-ring (bicyclic) bond motifs is 1. The van der Waals surface area contributed by atoms with Crippen LogP contribution < -0.4 is 9.62 Å². The zero-order chi connectivity index (χ0) is 24.9. The van der Waals surface area contributed by atoms with Gasteiger partial charge in [-0.1, -0.05) is 60.7 Å². The van der Waals surface area contributed by atoms with E-state index in [0.717, 1.165) is 32.5 Å². The van der Waals surface area contributed by atoms with Gasteiger partial charge in [-0.3, -0.25) is 13.9 Å². The average Bonchev–Trinajstić information content (AvgIpc) is 2.80. The Kier molecular flexibility index (Phi) is 7.94. The highest BCUT2D eigenvalue weighted by atomic mass is 32.2. The molecule has 1 atom stereocenters. The van der Waals surface area contributed by atoms with Gasteiger partial charge in [0.15, 0.2) is 0 Å². The normalized spacial score (nSPS) is 12.2. The van der Waals surface area contributed by atoms with Crippen LogP contribution in [-0.2, 0) is 26.2 Å². The Bertz CT molecular complexity index is 1280. The minimum absolute atomic E-state index is 0.191. The molecule has 8 heteroatoms. The number of carbonyl (C=O) groups excluding carboxylic acids is 2. The summed E-state index contributed by atoms with van der Waals surface area (Å²) < 4.78 is 26.8. The molecule has 0 spiro atoms. The summed E-state index contributed by atoms with van der Waals surface area (Å²) in [6, 6.07) is 19.6. The molecule has 2 amide bonds. The van der Waals surface area contributed by atoms with Crippen LogP contribution >= 0.6 is 0 Å². The minimum Gasteiger partial charge on any atom is -0.355 e. The number of rotatable bonds is 9. The van der Waals surface area contributed by atoms with Crippen LogP contribution in [-0.4, -0.2) is 50.5 Å². The molecule has 0 fully saturated rings. The Labute approximate surface area is 201 Å². The van der Waals surface area contributed by atoms with Gasteiger partial charge in [-0.2, -0.15) is 0 Å². The van der Waals surface area contributed by atoms with E-state index in [-0.39, 0.29) is 12.5 Å². The Morgan fingerprint density at radius 1 is 0.971 bits per heavy atom. The monoisotopic (exact) mass is 481 g/mol. The van der Waals surface area contributed by atoms with Gasteiger partial charge in [0.05, 0.1) is 11.9 Å². The first kappa shape index (κ1) is 25.2. The molecule has 0 aliphatic carbocycles. The number of likely N-dealkylation sites (N-methyl/N-ethyl adjacent to an activating group) is 1. The molecule has 180 valence electrons. The van der Waals surface area contributed by atoms with Gasteiger partial charge in [-0.25, -0.2) is 8.42 Å². The second-order valence-electron chi connectivity index (χ2n) is 8.29. The highest BCUT2D eigenvalue weighted by Crippen LogP contribution is 2.28. The van der Waals surface area contributed by atoms with Gasteiger partial charge in [0.2, 0.25) is 21.8 Å². The number of nitrogens with zero attached hydrogens (tertiary/aromatic N) is 2. The first-order chi connectivity index (χ1) is 16.1. The topological polar surface area (TPSA) is 86.8 Å². The zero-order valence-electron chi connectivity index (χ0n) is 20.0. The van der Waals surface area contributed by atoms with Crippen LogP contribution in [0.25, 0.3) is 10.8 Å². The third-order valence-corrected chi connectivity index (χ3v) is 6.96. The number of hydrogen-bond acceptors (Lipinski definition) is 4. The smallest absolute Gasteiger partial charge is 0.244 e. The lowest BCUT2D eigenvalue weighted by Crippen LogP contribution is -2.51. The molecular weight excluding hydrogens is 450 g/mol. The molecule has 0 heterocycles. The summed E-state index contributed by atoms with van der Waals surface area (Å²) in [5, 5.41) is 4.35. The van der Waals surface area contributed by atoms with Gasteiger partial charge < -0.3 is 10.2 Å². The maximum atomic E-state index is 13.6. The standard InChI is InChI=1S/C26H31N3O4S/c1-5-27-26(31)20(3)28(17-22-13-7-6-11-19(22)2)25(30)18-29(34(4,32)33)24-16-10-14-21-12-8-9-15-23(21)24/h6-16,20H,5,17-18H2,1-4H3,(H,27,31)/t20-/m0/s1. The highest BCUT2D eigenvalue weighted by Gasteiger charge is 2.30. The lowest BCUT2D eigenvalue weighted by molar-refractivity contribution is -0.139. The molecule has 0 radical (unpaired) electrons. The largest absolute Gasteiger partial charge is 0.355 e. The number of amides is 2. The fraction of sp³-hybridized carbons (Fsp3) is 0.308. The fourth-order valence-electron chi connectivity index (χ4n) is 3.90. The van der Waals surface area contributed by atoms with Gasteiger partial charge in [0.1, 0.15) is 12.6 Å². The number of aryl methyl sites for hydroxylation is 1. The maximum Gasteiger partial charge on any atom is 0.244 e. The van der Waals surface area contributed by atoms with Crippen molar-refractivity contribution in [3.05, 3.63) is 77.9 Å². The second kappa shape index (κ2) is 10.7. The van der Waals surface area contributed by atoms with E-state index in [1.807, 2.05) is 68.4 Å². The van der Waals surface area contributed by atoms with Crippen LogP contribution in [0.5, 0.6) is 0 Å². The van der Waals surface area contributed by atoms with Crippen molar-refractivity contribution in [2.24, 2.45) is 0 Å². The molecule has 0 aliphatic heterocycles. The molecule has 0 bridgehead atoms. The van der Waals surface area contributed by atoms with Crippen molar-refractivity contribution in [3.63, 3.8) is 0 Å². The number of sulfonamides is 1. The SMILES string of the molecule is CCNC(=O)[C@H](C)N(Cc1ccccc1C)C(=O)CN(c1cccc2ccccc12)S(C)(=O)=O. The minimum atomic E-state index is -3.79. The predicted molar refractivity (Wildman–Crippen MR) is 136 cm³/mol. The molecule has 3 aromatic carbocycles. The van der Waals surface area contributed by atoms with Gasteiger partial charge in [0.25, 0.3) is 0 Å². The summed E-state index contributed by atoms with van der Waals surface area (Å²) in [5.74, 6) is -0.749. The van der Waals surface area contributed by atoms with Gasteiger partial charge in [0, 0.05) is 18.5 Å². The van der Waals surface area contributed by atoms with Crippen LogP contribution in [0.4, 0.5) is 5.69 Å². The van der Waals surface area contributed by atoms with E-state index in [0.29, 0.717) is 12.2 Å². The zero-order valence-corrected chi connectivity index (χ0v) is 20.8. The van der Waals surface area contributed by atoms with Crippen molar-refractivity contribution >= 4 is 38.3 Å². The fourth-order valence-corrected chi connectivity index (χ4v) is 4.76. The van der Waals surface area contributed by atoms with E-state index in [9.17, 15) is 18.0 Å². The Hall–Kier alpha value is -3.39. The summed E-state index contributed by atoms with van der Waals surface area (Å²) in [4.78, 5) is 27.7. The quantitative estimate of drug-likeness (QED) is 0.507. The van der Waals surface area contributed by atoms with E-state index in [1.54, 1.807) is 19.1 Å². The van der Waals surface area contributed by atoms with E-state index in [2.05, 4.69) is 5.32 Å². The lowest BCUT2D eigenvalue weighted by atomic mass is 10.1. The van der Waals surface area contributed by atoms with Crippen molar-refractivity contribution in [1.29, 1.82) is 0 Å². The highest BCUT2D eigenvalue weighted by molar-refractivity contribution is 7.92. The predicted octanol–water partition coefficient (Wildman–Crippen LogP) is 3.47. The molecule has 0 unspecified atom stereocenters. The number of benzene rings is 3. The summed E-state index contributed by atoms with van der Waals surface area (Å²) in [6.45, 7) is 5.61. The Morgan fingerprint density at radius 3 is 2.29 bits per heavy atom. The van der Waals surface area contributed by atoms with Crippen molar-refractivity contribution in [3.8, 4) is 0 Å². The molecule has 0 aromatic heterocycles. The average molecular weight is 482 g/mol. The van der Waals surface area contributed by atoms with E-state index in [4.69, 9.17) is 0 Å². The summed E-state index contributed by atoms with van der Waals surface area (Å²) in [7, 11) is -3.79. The van der Waals surface area contributed by atoms with Crippen LogP contribution in [0.3, 0.4) is 0 Å². The first-order valence-corrected chi connectivity index (χ1v) is 13.1. The first-order valence-electron chi connectivity index (χ1n) is 11.2. The van der Waals surface area contributed by atoms with E-state index in [1.165, 1.54) is 4.90 Å². The van der Waals surface area contributed by atoms with Gasteiger partial charge in [-0.15, -0.1) is 0 Å². The number of carbonyl (C=O) groups is 2. The Morgan fingerprint density at radius 2 is 1.62 bits per heavy atom. The van der Waals surface area contributed by atoms with E-state index < -0.39 is 28.5 Å². The van der Waals surface area contributed by atoms with Crippen LogP contribution in [0.1, 0.15) is 25.0 Å². The summed E-state index contributed by atoms with van der Waals surface area (Å²) in [5.41, 5.74) is 2.30. The molecule has 3 aromatic rings. The van der Waals surface area contributed by atoms with Crippen LogP contribution in [0.15, 0.2) is 66.7 Å². The number of anilines is 1. The van der Waals surface area contributed by atoms with Crippen molar-refractivity contribution < 1.29 is 18.0 Å². The number of hydrogen-bond donors (Lipinski definition) is 1. The molecule has 1 N–H and O–H groups in total. The molecule has 0 saturated heterocycles. The van der Waals surface area contributed by atoms with E-state index >= 15 is 0 Å². The van der Waals surface area contributed by atoms with Crippen molar-refractivity contribution in [2.75, 3.05) is 23.7 Å². The summed E-state index contributed by atoms with van der Waals surface area (Å²) >= 11 is 0. The summed E-state index contributed by atoms with van der Waals surface area (Å²) in [6.07, 6.45) is 1.08. The second-order valence-corrected chi connectivity index (χ2v) is 10.2. The lowest BCUT2D eigenvalue weighted by Gasteiger charge is -2.32.